The SMILES string of the molecule is CC(C)(C)NCC(O)Cc1cc(Br)cs1. The van der Waals surface area contributed by atoms with E-state index in [0.29, 0.717) is 6.54 Å². The molecule has 0 aromatic carbocycles. The molecule has 0 radical (unpaired) electrons. The molecule has 0 amide bonds. The van der Waals surface area contributed by atoms with E-state index >= 15 is 0 Å². The van der Waals surface area contributed by atoms with Gasteiger partial charge < -0.3 is 10.4 Å². The summed E-state index contributed by atoms with van der Waals surface area (Å²) in [6.07, 6.45) is 0.411. The van der Waals surface area contributed by atoms with Crippen LogP contribution in [0, 0.1) is 0 Å². The van der Waals surface area contributed by atoms with E-state index in [9.17, 15) is 5.11 Å². The minimum atomic E-state index is -0.310. The lowest BCUT2D eigenvalue weighted by molar-refractivity contribution is 0.162. The van der Waals surface area contributed by atoms with Crippen LogP contribution in [0.25, 0.3) is 0 Å². The van der Waals surface area contributed by atoms with Crippen molar-refractivity contribution in [3.05, 3.63) is 20.8 Å². The average molecular weight is 292 g/mol. The van der Waals surface area contributed by atoms with E-state index in [0.717, 1.165) is 10.9 Å². The fourth-order valence-electron chi connectivity index (χ4n) is 1.19. The lowest BCUT2D eigenvalue weighted by Crippen LogP contribution is -2.41. The molecule has 1 aromatic rings. The van der Waals surface area contributed by atoms with Gasteiger partial charge in [-0.3, -0.25) is 0 Å². The van der Waals surface area contributed by atoms with Crippen molar-refractivity contribution in [2.45, 2.75) is 38.8 Å². The fourth-order valence-corrected chi connectivity index (χ4v) is 2.71. The molecule has 4 heteroatoms. The molecule has 1 heterocycles. The molecule has 0 bridgehead atoms. The van der Waals surface area contributed by atoms with Gasteiger partial charge in [-0.1, -0.05) is 0 Å². The summed E-state index contributed by atoms with van der Waals surface area (Å²) in [6.45, 7) is 6.93. The van der Waals surface area contributed by atoms with E-state index < -0.39 is 0 Å². The topological polar surface area (TPSA) is 32.3 Å². The average Bonchev–Trinajstić information content (AvgIpc) is 2.47. The molecule has 0 saturated carbocycles. The second-order valence-electron chi connectivity index (χ2n) is 4.72. The minimum absolute atomic E-state index is 0.0665. The number of nitrogens with one attached hydrogen (secondary N) is 1. The third-order valence-electron chi connectivity index (χ3n) is 1.93. The molecule has 15 heavy (non-hydrogen) atoms. The molecule has 86 valence electrons. The molecular weight excluding hydrogens is 274 g/mol. The van der Waals surface area contributed by atoms with E-state index in [1.54, 1.807) is 11.3 Å². The first-order valence-electron chi connectivity index (χ1n) is 5.03. The van der Waals surface area contributed by atoms with Crippen molar-refractivity contribution < 1.29 is 5.11 Å². The second kappa shape index (κ2) is 5.43. The highest BCUT2D eigenvalue weighted by Gasteiger charge is 2.13. The Bertz CT molecular complexity index is 306. The van der Waals surface area contributed by atoms with Crippen LogP contribution < -0.4 is 5.32 Å². The van der Waals surface area contributed by atoms with Crippen LogP contribution in [-0.2, 0) is 6.42 Å². The molecule has 0 aliphatic carbocycles. The van der Waals surface area contributed by atoms with E-state index in [4.69, 9.17) is 0 Å². The zero-order chi connectivity index (χ0) is 11.5. The Labute approximate surface area is 104 Å². The number of aliphatic hydroxyl groups excluding tert-OH is 1. The second-order valence-corrected chi connectivity index (χ2v) is 6.63. The molecule has 2 nitrogen and oxygen atoms in total. The molecule has 0 spiro atoms. The van der Waals surface area contributed by atoms with E-state index in [1.807, 2.05) is 5.38 Å². The Morgan fingerprint density at radius 3 is 2.67 bits per heavy atom. The van der Waals surface area contributed by atoms with Gasteiger partial charge >= 0.3 is 0 Å². The van der Waals surface area contributed by atoms with Crippen LogP contribution in [0.15, 0.2) is 15.9 Å². The van der Waals surface area contributed by atoms with Gasteiger partial charge in [-0.05, 0) is 42.8 Å². The van der Waals surface area contributed by atoms with Crippen molar-refractivity contribution in [1.82, 2.24) is 5.32 Å². The number of hydrogen-bond acceptors (Lipinski definition) is 3. The molecule has 0 aliphatic rings. The lowest BCUT2D eigenvalue weighted by Gasteiger charge is -2.22. The highest BCUT2D eigenvalue weighted by atomic mass is 79.9. The van der Waals surface area contributed by atoms with Crippen LogP contribution >= 0.6 is 27.3 Å². The van der Waals surface area contributed by atoms with Gasteiger partial charge in [0.15, 0.2) is 0 Å². The maximum Gasteiger partial charge on any atom is 0.0712 e. The largest absolute Gasteiger partial charge is 0.391 e. The smallest absolute Gasteiger partial charge is 0.0712 e. The van der Waals surface area contributed by atoms with Crippen LogP contribution in [-0.4, -0.2) is 23.3 Å². The Morgan fingerprint density at radius 1 is 1.53 bits per heavy atom. The van der Waals surface area contributed by atoms with Crippen molar-refractivity contribution in [3.63, 3.8) is 0 Å². The van der Waals surface area contributed by atoms with Gasteiger partial charge in [-0.2, -0.15) is 0 Å². The normalized spacial score (nSPS) is 14.2. The number of halogens is 1. The molecule has 1 unspecified atom stereocenters. The zero-order valence-corrected chi connectivity index (χ0v) is 11.8. The van der Waals surface area contributed by atoms with E-state index in [1.165, 1.54) is 4.88 Å². The first kappa shape index (κ1) is 13.2. The van der Waals surface area contributed by atoms with E-state index in [-0.39, 0.29) is 11.6 Å². The highest BCUT2D eigenvalue weighted by molar-refractivity contribution is 9.10. The van der Waals surface area contributed by atoms with Crippen molar-refractivity contribution >= 4 is 27.3 Å². The number of thiophene rings is 1. The van der Waals surface area contributed by atoms with Crippen molar-refractivity contribution in [3.8, 4) is 0 Å². The highest BCUT2D eigenvalue weighted by Crippen LogP contribution is 2.20. The van der Waals surface area contributed by atoms with Gasteiger partial charge in [-0.15, -0.1) is 11.3 Å². The van der Waals surface area contributed by atoms with Gasteiger partial charge in [0.05, 0.1) is 6.10 Å². The van der Waals surface area contributed by atoms with Gasteiger partial charge in [0.25, 0.3) is 0 Å². The molecular formula is C11H18BrNOS. The fraction of sp³-hybridized carbons (Fsp3) is 0.636. The quantitative estimate of drug-likeness (QED) is 0.894. The summed E-state index contributed by atoms with van der Waals surface area (Å²) < 4.78 is 1.10. The summed E-state index contributed by atoms with van der Waals surface area (Å²) in [5, 5.41) is 15.1. The Kier molecular flexibility index (Phi) is 4.77. The summed E-state index contributed by atoms with van der Waals surface area (Å²) in [5.41, 5.74) is 0.0665. The Balaban J connectivity index is 2.33. The molecule has 2 N–H and O–H groups in total. The first-order chi connectivity index (χ1) is 6.87. The minimum Gasteiger partial charge on any atom is -0.391 e. The summed E-state index contributed by atoms with van der Waals surface area (Å²) in [4.78, 5) is 1.21. The van der Waals surface area contributed by atoms with Gasteiger partial charge in [-0.25, -0.2) is 0 Å². The number of β-amino-alcohol motifs (C(OH)–C–C–N with tert-alkyl or cyclic N) is 1. The molecule has 0 fully saturated rings. The Hall–Kier alpha value is 0.1000. The summed E-state index contributed by atoms with van der Waals surface area (Å²) in [6, 6.07) is 2.06. The van der Waals surface area contributed by atoms with Crippen LogP contribution in [0.1, 0.15) is 25.6 Å². The molecule has 1 aromatic heterocycles. The maximum absolute atomic E-state index is 9.80. The molecule has 1 atom stereocenters. The van der Waals surface area contributed by atoms with Crippen molar-refractivity contribution in [2.75, 3.05) is 6.54 Å². The molecule has 0 saturated heterocycles. The van der Waals surface area contributed by atoms with Crippen molar-refractivity contribution in [2.24, 2.45) is 0 Å². The monoisotopic (exact) mass is 291 g/mol. The zero-order valence-electron chi connectivity index (χ0n) is 9.38. The standard InChI is InChI=1S/C11H18BrNOS/c1-11(2,3)13-6-9(14)5-10-4-8(12)7-15-10/h4,7,9,13-14H,5-6H2,1-3H3. The number of aliphatic hydroxyl groups is 1. The summed E-state index contributed by atoms with van der Waals surface area (Å²) in [5.74, 6) is 0. The van der Waals surface area contributed by atoms with Crippen LogP contribution in [0.3, 0.4) is 0 Å². The third-order valence-corrected chi connectivity index (χ3v) is 3.65. The summed E-state index contributed by atoms with van der Waals surface area (Å²) in [7, 11) is 0. The molecule has 0 aliphatic heterocycles. The lowest BCUT2D eigenvalue weighted by atomic mass is 10.1. The van der Waals surface area contributed by atoms with Crippen LogP contribution in [0.5, 0.6) is 0 Å². The Morgan fingerprint density at radius 2 is 2.20 bits per heavy atom. The first-order valence-corrected chi connectivity index (χ1v) is 6.70. The number of rotatable bonds is 4. The predicted molar refractivity (Wildman–Crippen MR) is 69.5 cm³/mol. The molecule has 1 rings (SSSR count). The van der Waals surface area contributed by atoms with Gasteiger partial charge in [0.2, 0.25) is 0 Å². The third kappa shape index (κ3) is 5.66. The maximum atomic E-state index is 9.80. The predicted octanol–water partition coefficient (Wildman–Crippen LogP) is 2.80. The van der Waals surface area contributed by atoms with Crippen LogP contribution in [0.4, 0.5) is 0 Å². The van der Waals surface area contributed by atoms with Crippen molar-refractivity contribution in [1.29, 1.82) is 0 Å². The van der Waals surface area contributed by atoms with Crippen LogP contribution in [0.2, 0.25) is 0 Å². The van der Waals surface area contributed by atoms with Gasteiger partial charge in [0.1, 0.15) is 0 Å². The number of hydrogen-bond donors (Lipinski definition) is 2. The summed E-state index contributed by atoms with van der Waals surface area (Å²) >= 11 is 5.08. The van der Waals surface area contributed by atoms with Gasteiger partial charge in [0, 0.05) is 33.2 Å². The van der Waals surface area contributed by atoms with E-state index in [2.05, 4.69) is 48.1 Å².